The van der Waals surface area contributed by atoms with Gasteiger partial charge in [-0.25, -0.2) is 0 Å². The predicted molar refractivity (Wildman–Crippen MR) is 34.3 cm³/mol. The largest absolute Gasteiger partial charge is 1.00 e. The fourth-order valence-electron chi connectivity index (χ4n) is 0.548. The fourth-order valence-corrected chi connectivity index (χ4v) is 0.873. The Labute approximate surface area is 78.1 Å². The molecule has 1 heterocycles. The zero-order valence-corrected chi connectivity index (χ0v) is 7.38. The van der Waals surface area contributed by atoms with Gasteiger partial charge in [-0.2, -0.15) is 0 Å². The van der Waals surface area contributed by atoms with Crippen molar-refractivity contribution in [3.63, 3.8) is 0 Å². The monoisotopic (exact) mass is 162 g/mol. The standard InChI is InChI=1S/C6H3N2.ClH.Mg/c7-5-6-1-3-8-4-2-6;;/h1-3H;1H;/q;;+1/p-1. The van der Waals surface area contributed by atoms with Crippen LogP contribution in [0.1, 0.15) is 5.56 Å². The Hall–Kier alpha value is -0.304. The second-order valence-electron chi connectivity index (χ2n) is 1.65. The van der Waals surface area contributed by atoms with Gasteiger partial charge in [0.1, 0.15) is 0 Å². The normalized spacial score (nSPS) is 7.70. The van der Waals surface area contributed by atoms with E-state index < -0.39 is 0 Å². The molecule has 1 aromatic rings. The van der Waals surface area contributed by atoms with Crippen molar-refractivity contribution in [2.75, 3.05) is 0 Å². The molecule has 0 spiro atoms. The molecule has 0 amide bonds. The van der Waals surface area contributed by atoms with E-state index >= 15 is 0 Å². The van der Waals surface area contributed by atoms with Crippen LogP contribution in [-0.4, -0.2) is 26.7 Å². The summed E-state index contributed by atoms with van der Waals surface area (Å²) in [5.74, 6) is 0. The third-order valence-corrected chi connectivity index (χ3v) is 1.33. The van der Waals surface area contributed by atoms with Crippen molar-refractivity contribution in [3.05, 3.63) is 23.9 Å². The van der Waals surface area contributed by atoms with Crippen LogP contribution in [0, 0.1) is 11.3 Å². The van der Waals surface area contributed by atoms with Gasteiger partial charge in [-0.3, -0.25) is 0 Å². The van der Waals surface area contributed by atoms with Crippen molar-refractivity contribution in [3.8, 4) is 6.07 Å². The van der Waals surface area contributed by atoms with Crippen molar-refractivity contribution >= 4 is 25.5 Å². The number of nitrogens with zero attached hydrogens (tertiary/aromatic N) is 2. The van der Waals surface area contributed by atoms with E-state index in [2.05, 4.69) is 4.98 Å². The van der Waals surface area contributed by atoms with Crippen LogP contribution in [0.4, 0.5) is 0 Å². The second-order valence-corrected chi connectivity index (χ2v) is 2.37. The summed E-state index contributed by atoms with van der Waals surface area (Å²) in [5.41, 5.74) is 0.676. The number of halogens is 1. The first kappa shape index (κ1) is 9.70. The van der Waals surface area contributed by atoms with Gasteiger partial charge in [-0.1, -0.05) is 0 Å². The van der Waals surface area contributed by atoms with Gasteiger partial charge in [-0.15, -0.1) is 0 Å². The van der Waals surface area contributed by atoms with Crippen molar-refractivity contribution in [2.45, 2.75) is 0 Å². The molecule has 0 N–H and O–H groups in total. The summed E-state index contributed by atoms with van der Waals surface area (Å²) < 4.78 is 0.911. The van der Waals surface area contributed by atoms with Crippen LogP contribution in [-0.2, 0) is 0 Å². The number of pyridine rings is 1. The Morgan fingerprint density at radius 2 is 2.30 bits per heavy atom. The summed E-state index contributed by atoms with van der Waals surface area (Å²) in [5, 5.41) is 8.39. The van der Waals surface area contributed by atoms with Gasteiger partial charge in [0.2, 0.25) is 0 Å². The van der Waals surface area contributed by atoms with E-state index in [1.807, 2.05) is 6.07 Å². The van der Waals surface area contributed by atoms with E-state index in [4.69, 9.17) is 5.26 Å². The summed E-state index contributed by atoms with van der Waals surface area (Å²) in [6.45, 7) is 0. The molecule has 2 nitrogen and oxygen atoms in total. The molecule has 0 aliphatic heterocycles. The molecule has 0 saturated heterocycles. The van der Waals surface area contributed by atoms with Gasteiger partial charge in [0, 0.05) is 0 Å². The first-order valence-corrected chi connectivity index (χ1v) is 3.22. The van der Waals surface area contributed by atoms with Gasteiger partial charge in [-0.05, 0) is 0 Å². The van der Waals surface area contributed by atoms with Crippen LogP contribution in [0.2, 0.25) is 0 Å². The van der Waals surface area contributed by atoms with Gasteiger partial charge in [0.15, 0.2) is 0 Å². The molecule has 46 valence electrons. The van der Waals surface area contributed by atoms with Crippen LogP contribution in [0.15, 0.2) is 18.3 Å². The molecular weight excluding hydrogens is 160 g/mol. The summed E-state index contributed by atoms with van der Waals surface area (Å²) in [6, 6.07) is 5.49. The summed E-state index contributed by atoms with van der Waals surface area (Å²) in [7, 11) is 0. The average molecular weight is 163 g/mol. The van der Waals surface area contributed by atoms with E-state index in [0.717, 1.165) is 3.82 Å². The maximum absolute atomic E-state index is 8.39. The topological polar surface area (TPSA) is 36.7 Å². The second kappa shape index (κ2) is 4.50. The van der Waals surface area contributed by atoms with Crippen molar-refractivity contribution in [1.29, 1.82) is 5.26 Å². The SMILES string of the molecule is N#Cc1ccn[c]([Mg+])c1.[Cl-]. The van der Waals surface area contributed by atoms with Crippen molar-refractivity contribution in [2.24, 2.45) is 0 Å². The quantitative estimate of drug-likeness (QED) is 0.376. The number of rotatable bonds is 0. The molecule has 0 bridgehead atoms. The Morgan fingerprint density at radius 1 is 1.60 bits per heavy atom. The van der Waals surface area contributed by atoms with Crippen molar-refractivity contribution in [1.82, 2.24) is 4.98 Å². The first-order valence-electron chi connectivity index (χ1n) is 2.51. The molecule has 0 aliphatic carbocycles. The third-order valence-electron chi connectivity index (χ3n) is 0.946. The minimum atomic E-state index is 0. The van der Waals surface area contributed by atoms with Crippen molar-refractivity contribution < 1.29 is 12.4 Å². The number of hydrogen-bond donors (Lipinski definition) is 0. The maximum atomic E-state index is 8.39. The number of hydrogen-bond acceptors (Lipinski definition) is 2. The smallest absolute Gasteiger partial charge is 1.00 e. The molecule has 0 unspecified atom stereocenters. The number of aromatic nitrogens is 1. The fraction of sp³-hybridized carbons (Fsp3) is 0. The zero-order chi connectivity index (χ0) is 6.69. The Morgan fingerprint density at radius 3 is 2.70 bits per heavy atom. The minimum absolute atomic E-state index is 0. The molecule has 10 heavy (non-hydrogen) atoms. The molecule has 0 saturated carbocycles. The maximum Gasteiger partial charge on any atom is -1.00 e. The molecule has 0 aliphatic rings. The van der Waals surface area contributed by atoms with E-state index in [1.165, 1.54) is 0 Å². The number of nitriles is 1. The van der Waals surface area contributed by atoms with Crippen LogP contribution in [0.3, 0.4) is 0 Å². The Kier molecular flexibility index (Phi) is 4.37. The zero-order valence-electron chi connectivity index (χ0n) is 5.21. The molecule has 0 fully saturated rings. The van der Waals surface area contributed by atoms with Gasteiger partial charge >= 0.3 is 65.7 Å². The molecule has 1 rings (SSSR count). The van der Waals surface area contributed by atoms with Crippen LogP contribution in [0.5, 0.6) is 0 Å². The third kappa shape index (κ3) is 2.52. The molecule has 1 aromatic heterocycles. The summed E-state index contributed by atoms with van der Waals surface area (Å²) >= 11 is 1.67. The van der Waals surface area contributed by atoms with Crippen LogP contribution < -0.4 is 16.2 Å². The average Bonchev–Trinajstić information content (AvgIpc) is 1.88. The van der Waals surface area contributed by atoms with E-state index in [1.54, 1.807) is 40.0 Å². The van der Waals surface area contributed by atoms with Gasteiger partial charge < -0.3 is 12.4 Å². The van der Waals surface area contributed by atoms with Gasteiger partial charge in [0.25, 0.3) is 0 Å². The van der Waals surface area contributed by atoms with Crippen LogP contribution in [0.25, 0.3) is 0 Å². The molecule has 0 atom stereocenters. The summed E-state index contributed by atoms with van der Waals surface area (Å²) in [6.07, 6.45) is 1.64. The molecule has 0 radical (unpaired) electrons. The van der Waals surface area contributed by atoms with Crippen LogP contribution >= 0.6 is 0 Å². The van der Waals surface area contributed by atoms with E-state index in [-0.39, 0.29) is 12.4 Å². The predicted octanol–water partition coefficient (Wildman–Crippen LogP) is -3.25. The molecule has 4 heteroatoms. The van der Waals surface area contributed by atoms with Gasteiger partial charge in [0.05, 0.1) is 0 Å². The Balaban J connectivity index is 0.000000810. The van der Waals surface area contributed by atoms with E-state index in [0.29, 0.717) is 5.56 Å². The summed E-state index contributed by atoms with van der Waals surface area (Å²) in [4.78, 5) is 3.95. The minimum Gasteiger partial charge on any atom is -1.00 e. The Bertz CT molecular complexity index is 256. The van der Waals surface area contributed by atoms with E-state index in [9.17, 15) is 0 Å². The molecule has 0 aromatic carbocycles. The molecular formula is C6H3ClMgN2. The first-order chi connectivity index (χ1) is 4.33.